The van der Waals surface area contributed by atoms with Crippen molar-refractivity contribution in [1.29, 1.82) is 0 Å². The van der Waals surface area contributed by atoms with Crippen molar-refractivity contribution in [3.8, 4) is 0 Å². The Balaban J connectivity index is 2.08. The molecule has 8 heteroatoms. The van der Waals surface area contributed by atoms with E-state index in [1.54, 1.807) is 34.9 Å². The molecule has 0 fully saturated rings. The minimum absolute atomic E-state index is 0.0788. The molecule has 0 unspecified atom stereocenters. The van der Waals surface area contributed by atoms with Crippen molar-refractivity contribution in [2.24, 2.45) is 0 Å². The summed E-state index contributed by atoms with van der Waals surface area (Å²) in [5, 5.41) is 0. The van der Waals surface area contributed by atoms with Crippen LogP contribution in [0.4, 0.5) is 5.69 Å². The lowest BCUT2D eigenvalue weighted by molar-refractivity contribution is -0.116. The number of sulfonamides is 1. The number of ether oxygens (including phenoxy) is 1. The molecule has 0 radical (unpaired) electrons. The lowest BCUT2D eigenvalue weighted by atomic mass is 10.2. The first kappa shape index (κ1) is 19.2. The van der Waals surface area contributed by atoms with Crippen LogP contribution >= 0.6 is 11.8 Å². The highest BCUT2D eigenvalue weighted by Gasteiger charge is 2.23. The standard InChI is InChI=1S/C16H24N2O4S2/c1-12(2)22-9-4-7-17-24(20,21)14-5-6-16-15(11-14)18(13(3)19)8-10-23-16/h5-6,11-12,17H,4,7-10H2,1-3H3. The fourth-order valence-corrected chi connectivity index (χ4v) is 4.44. The fourth-order valence-electron chi connectivity index (χ4n) is 2.37. The van der Waals surface area contributed by atoms with Gasteiger partial charge in [0.2, 0.25) is 15.9 Å². The summed E-state index contributed by atoms with van der Waals surface area (Å²) >= 11 is 1.63. The van der Waals surface area contributed by atoms with E-state index in [1.807, 2.05) is 13.8 Å². The number of carbonyl (C=O) groups is 1. The Labute approximate surface area is 148 Å². The number of fused-ring (bicyclic) bond motifs is 1. The maximum atomic E-state index is 12.4. The summed E-state index contributed by atoms with van der Waals surface area (Å²) in [5.41, 5.74) is 0.671. The van der Waals surface area contributed by atoms with E-state index in [9.17, 15) is 13.2 Å². The molecule has 24 heavy (non-hydrogen) atoms. The first-order valence-electron chi connectivity index (χ1n) is 7.97. The van der Waals surface area contributed by atoms with Crippen LogP contribution in [0.5, 0.6) is 0 Å². The predicted molar refractivity (Wildman–Crippen MR) is 96.1 cm³/mol. The van der Waals surface area contributed by atoms with Crippen LogP contribution in [0, 0.1) is 0 Å². The van der Waals surface area contributed by atoms with Crippen LogP contribution in [0.25, 0.3) is 0 Å². The Bertz CT molecular complexity index is 689. The smallest absolute Gasteiger partial charge is 0.240 e. The molecule has 0 atom stereocenters. The van der Waals surface area contributed by atoms with E-state index in [1.165, 1.54) is 6.92 Å². The highest BCUT2D eigenvalue weighted by atomic mass is 32.2. The average molecular weight is 373 g/mol. The molecule has 1 amide bonds. The van der Waals surface area contributed by atoms with Gasteiger partial charge < -0.3 is 9.64 Å². The summed E-state index contributed by atoms with van der Waals surface area (Å²) in [6, 6.07) is 4.93. The number of nitrogens with one attached hydrogen (secondary N) is 1. The van der Waals surface area contributed by atoms with Crippen molar-refractivity contribution in [1.82, 2.24) is 4.72 Å². The molecule has 0 aromatic heterocycles. The SMILES string of the molecule is CC(=O)N1CCSc2ccc(S(=O)(=O)NCCCOC(C)C)cc21. The van der Waals surface area contributed by atoms with Gasteiger partial charge in [0, 0.05) is 37.3 Å². The van der Waals surface area contributed by atoms with Crippen molar-refractivity contribution in [2.75, 3.05) is 30.3 Å². The molecule has 0 saturated heterocycles. The molecular weight excluding hydrogens is 348 g/mol. The van der Waals surface area contributed by atoms with Crippen molar-refractivity contribution < 1.29 is 17.9 Å². The normalized spacial score (nSPS) is 14.8. The van der Waals surface area contributed by atoms with Crippen LogP contribution in [-0.4, -0.2) is 45.9 Å². The topological polar surface area (TPSA) is 75.7 Å². The Kier molecular flexibility index (Phi) is 6.68. The Morgan fingerprint density at radius 1 is 1.42 bits per heavy atom. The largest absolute Gasteiger partial charge is 0.379 e. The molecule has 1 aliphatic heterocycles. The van der Waals surface area contributed by atoms with E-state index in [2.05, 4.69) is 4.72 Å². The van der Waals surface area contributed by atoms with E-state index < -0.39 is 10.0 Å². The number of hydrogen-bond acceptors (Lipinski definition) is 5. The number of anilines is 1. The summed E-state index contributed by atoms with van der Waals surface area (Å²) < 4.78 is 32.8. The van der Waals surface area contributed by atoms with Crippen molar-refractivity contribution >= 4 is 33.4 Å². The average Bonchev–Trinajstić information content (AvgIpc) is 2.52. The van der Waals surface area contributed by atoms with Gasteiger partial charge in [-0.1, -0.05) is 0 Å². The van der Waals surface area contributed by atoms with E-state index >= 15 is 0 Å². The predicted octanol–water partition coefficient (Wildman–Crippen LogP) is 2.24. The van der Waals surface area contributed by atoms with Gasteiger partial charge in [-0.05, 0) is 38.5 Å². The first-order valence-corrected chi connectivity index (χ1v) is 10.4. The number of carbonyl (C=O) groups excluding carboxylic acids is 1. The summed E-state index contributed by atoms with van der Waals surface area (Å²) in [4.78, 5) is 14.5. The minimum Gasteiger partial charge on any atom is -0.379 e. The molecule has 134 valence electrons. The number of nitrogens with zero attached hydrogens (tertiary/aromatic N) is 1. The zero-order valence-electron chi connectivity index (χ0n) is 14.2. The van der Waals surface area contributed by atoms with Crippen molar-refractivity contribution in [3.63, 3.8) is 0 Å². The van der Waals surface area contributed by atoms with Crippen molar-refractivity contribution in [2.45, 2.75) is 43.1 Å². The number of thioether (sulfide) groups is 1. The fraction of sp³-hybridized carbons (Fsp3) is 0.562. The van der Waals surface area contributed by atoms with Gasteiger partial charge in [-0.25, -0.2) is 13.1 Å². The molecule has 2 rings (SSSR count). The van der Waals surface area contributed by atoms with Gasteiger partial charge >= 0.3 is 0 Å². The van der Waals surface area contributed by atoms with Crippen molar-refractivity contribution in [3.05, 3.63) is 18.2 Å². The second-order valence-corrected chi connectivity index (χ2v) is 8.72. The molecule has 1 aliphatic rings. The number of hydrogen-bond donors (Lipinski definition) is 1. The third kappa shape index (κ3) is 4.95. The summed E-state index contributed by atoms with van der Waals surface area (Å²) in [6.07, 6.45) is 0.745. The van der Waals surface area contributed by atoms with Crippen LogP contribution in [0.15, 0.2) is 28.0 Å². The Hall–Kier alpha value is -1.09. The minimum atomic E-state index is -3.60. The Morgan fingerprint density at radius 2 is 2.17 bits per heavy atom. The van der Waals surface area contributed by atoms with Crippen LogP contribution < -0.4 is 9.62 Å². The van der Waals surface area contributed by atoms with Gasteiger partial charge in [-0.2, -0.15) is 0 Å². The number of rotatable bonds is 7. The van der Waals surface area contributed by atoms with E-state index in [4.69, 9.17) is 4.74 Å². The zero-order valence-corrected chi connectivity index (χ0v) is 15.9. The molecule has 1 heterocycles. The molecule has 0 spiro atoms. The Morgan fingerprint density at radius 3 is 2.83 bits per heavy atom. The summed E-state index contributed by atoms with van der Waals surface area (Å²) in [7, 11) is -3.60. The maximum absolute atomic E-state index is 12.4. The van der Waals surface area contributed by atoms with E-state index in [0.717, 1.165) is 10.6 Å². The number of amides is 1. The van der Waals surface area contributed by atoms with Crippen LogP contribution in [0.2, 0.25) is 0 Å². The van der Waals surface area contributed by atoms with Crippen LogP contribution in [-0.2, 0) is 19.6 Å². The third-order valence-electron chi connectivity index (χ3n) is 3.55. The number of benzene rings is 1. The lowest BCUT2D eigenvalue weighted by Gasteiger charge is -2.28. The molecule has 0 bridgehead atoms. The van der Waals surface area contributed by atoms with E-state index in [0.29, 0.717) is 31.8 Å². The monoisotopic (exact) mass is 372 g/mol. The van der Waals surface area contributed by atoms with Crippen LogP contribution in [0.1, 0.15) is 27.2 Å². The van der Waals surface area contributed by atoms with Gasteiger partial charge in [0.1, 0.15) is 0 Å². The molecule has 1 aromatic rings. The van der Waals surface area contributed by atoms with Crippen LogP contribution in [0.3, 0.4) is 0 Å². The highest BCUT2D eigenvalue weighted by Crippen LogP contribution is 2.36. The summed E-state index contributed by atoms with van der Waals surface area (Å²) in [6.45, 7) is 6.80. The molecule has 6 nitrogen and oxygen atoms in total. The zero-order chi connectivity index (χ0) is 17.7. The maximum Gasteiger partial charge on any atom is 0.240 e. The molecule has 0 saturated carbocycles. The molecule has 1 N–H and O–H groups in total. The second-order valence-electron chi connectivity index (χ2n) is 5.82. The molecular formula is C16H24N2O4S2. The second kappa shape index (κ2) is 8.33. The van der Waals surface area contributed by atoms with Gasteiger partial charge in [0.25, 0.3) is 0 Å². The lowest BCUT2D eigenvalue weighted by Crippen LogP contribution is -2.34. The molecule has 0 aliphatic carbocycles. The first-order chi connectivity index (χ1) is 11.3. The van der Waals surface area contributed by atoms with Gasteiger partial charge in [0.05, 0.1) is 16.7 Å². The highest BCUT2D eigenvalue weighted by molar-refractivity contribution is 7.99. The van der Waals surface area contributed by atoms with Gasteiger partial charge in [0.15, 0.2) is 0 Å². The van der Waals surface area contributed by atoms with Gasteiger partial charge in [-0.15, -0.1) is 11.8 Å². The van der Waals surface area contributed by atoms with E-state index in [-0.39, 0.29) is 16.9 Å². The quantitative estimate of drug-likeness (QED) is 0.743. The third-order valence-corrected chi connectivity index (χ3v) is 6.05. The summed E-state index contributed by atoms with van der Waals surface area (Å²) in [5.74, 6) is 0.733. The molecule has 1 aromatic carbocycles. The van der Waals surface area contributed by atoms with Gasteiger partial charge in [-0.3, -0.25) is 4.79 Å².